The molecule has 0 aliphatic heterocycles. The molecular formula is C19H18F3N3. The van der Waals surface area contributed by atoms with Gasteiger partial charge in [0.25, 0.3) is 0 Å². The average molecular weight is 345 g/mol. The molecule has 6 heteroatoms. The first-order valence-electron chi connectivity index (χ1n) is 8.28. The molecule has 2 heterocycles. The third-order valence-electron chi connectivity index (χ3n) is 4.89. The third-order valence-corrected chi connectivity index (χ3v) is 4.89. The lowest BCUT2D eigenvalue weighted by Crippen LogP contribution is -2.08. The second kappa shape index (κ2) is 5.31. The van der Waals surface area contributed by atoms with Gasteiger partial charge in [0.05, 0.1) is 22.3 Å². The van der Waals surface area contributed by atoms with E-state index in [9.17, 15) is 13.2 Å². The molecule has 1 aliphatic carbocycles. The molecule has 0 radical (unpaired) electrons. The van der Waals surface area contributed by atoms with Gasteiger partial charge in [-0.25, -0.2) is 4.98 Å². The minimum absolute atomic E-state index is 0.124. The maximum absolute atomic E-state index is 13.8. The molecule has 0 saturated heterocycles. The van der Waals surface area contributed by atoms with Gasteiger partial charge in [-0.1, -0.05) is 12.1 Å². The van der Waals surface area contributed by atoms with E-state index < -0.39 is 11.7 Å². The standard InChI is InChI=1S/C19H18F3N3/c1-10-4-5-13(8-11(10)2)15-9-14(19(20,21)22)16-17(12-6-7-12)24-25(3)18(16)23-15/h4-5,8-9,12H,6-7H2,1-3H3. The highest BCUT2D eigenvalue weighted by molar-refractivity contribution is 5.86. The summed E-state index contributed by atoms with van der Waals surface area (Å²) < 4.78 is 42.8. The number of aryl methyl sites for hydroxylation is 3. The van der Waals surface area contributed by atoms with Gasteiger partial charge in [0.2, 0.25) is 0 Å². The minimum Gasteiger partial charge on any atom is -0.250 e. The SMILES string of the molecule is Cc1ccc(-c2cc(C(F)(F)F)c3c(C4CC4)nn(C)c3n2)cc1C. The number of rotatable bonds is 2. The summed E-state index contributed by atoms with van der Waals surface area (Å²) in [5.74, 6) is 0.124. The molecule has 3 nitrogen and oxygen atoms in total. The molecule has 1 fully saturated rings. The number of hydrogen-bond donors (Lipinski definition) is 0. The normalized spacial score (nSPS) is 15.1. The van der Waals surface area contributed by atoms with Crippen LogP contribution in [0.5, 0.6) is 0 Å². The Hall–Kier alpha value is -2.37. The van der Waals surface area contributed by atoms with Crippen LogP contribution >= 0.6 is 0 Å². The molecular weight excluding hydrogens is 327 g/mol. The Bertz CT molecular complexity index is 982. The molecule has 0 amide bonds. The van der Waals surface area contributed by atoms with Crippen molar-refractivity contribution in [1.29, 1.82) is 0 Å². The Morgan fingerprint density at radius 3 is 2.40 bits per heavy atom. The van der Waals surface area contributed by atoms with Crippen molar-refractivity contribution in [3.8, 4) is 11.3 Å². The smallest absolute Gasteiger partial charge is 0.250 e. The summed E-state index contributed by atoms with van der Waals surface area (Å²) in [6.07, 6.45) is -2.66. The molecule has 1 aromatic carbocycles. The van der Waals surface area contributed by atoms with E-state index in [1.807, 2.05) is 32.0 Å². The van der Waals surface area contributed by atoms with Crippen molar-refractivity contribution < 1.29 is 13.2 Å². The Morgan fingerprint density at radius 2 is 1.80 bits per heavy atom. The van der Waals surface area contributed by atoms with Crippen molar-refractivity contribution in [3.05, 3.63) is 46.6 Å². The summed E-state index contributed by atoms with van der Waals surface area (Å²) >= 11 is 0. The van der Waals surface area contributed by atoms with Crippen LogP contribution in [0.15, 0.2) is 24.3 Å². The van der Waals surface area contributed by atoms with Crippen molar-refractivity contribution in [1.82, 2.24) is 14.8 Å². The fourth-order valence-corrected chi connectivity index (χ4v) is 3.19. The van der Waals surface area contributed by atoms with Crippen molar-refractivity contribution in [3.63, 3.8) is 0 Å². The van der Waals surface area contributed by atoms with Gasteiger partial charge in [-0.2, -0.15) is 18.3 Å². The fraction of sp³-hybridized carbons (Fsp3) is 0.368. The Morgan fingerprint density at radius 1 is 1.08 bits per heavy atom. The Labute approximate surface area is 143 Å². The zero-order valence-corrected chi connectivity index (χ0v) is 14.3. The van der Waals surface area contributed by atoms with Crippen LogP contribution in [0.4, 0.5) is 13.2 Å². The van der Waals surface area contributed by atoms with Crippen LogP contribution < -0.4 is 0 Å². The van der Waals surface area contributed by atoms with E-state index in [0.29, 0.717) is 22.6 Å². The zero-order chi connectivity index (χ0) is 17.9. The summed E-state index contributed by atoms with van der Waals surface area (Å²) in [5.41, 5.74) is 3.32. The number of halogens is 3. The maximum atomic E-state index is 13.8. The van der Waals surface area contributed by atoms with Crippen molar-refractivity contribution in [2.75, 3.05) is 0 Å². The van der Waals surface area contributed by atoms with Crippen LogP contribution in [0.2, 0.25) is 0 Å². The zero-order valence-electron chi connectivity index (χ0n) is 14.3. The maximum Gasteiger partial charge on any atom is 0.417 e. The van der Waals surface area contributed by atoms with E-state index >= 15 is 0 Å². The molecule has 4 rings (SSSR count). The van der Waals surface area contributed by atoms with Crippen molar-refractivity contribution in [2.24, 2.45) is 7.05 Å². The van der Waals surface area contributed by atoms with Crippen LogP contribution in [-0.4, -0.2) is 14.8 Å². The number of pyridine rings is 1. The van der Waals surface area contributed by atoms with Crippen LogP contribution in [0.3, 0.4) is 0 Å². The molecule has 2 aromatic heterocycles. The average Bonchev–Trinajstić information content (AvgIpc) is 3.33. The van der Waals surface area contributed by atoms with Gasteiger partial charge in [0, 0.05) is 18.5 Å². The van der Waals surface area contributed by atoms with Gasteiger partial charge in [0.1, 0.15) is 0 Å². The predicted octanol–water partition coefficient (Wildman–Crippen LogP) is 5.15. The number of alkyl halides is 3. The second-order valence-electron chi connectivity index (χ2n) is 6.83. The quantitative estimate of drug-likeness (QED) is 0.643. The van der Waals surface area contributed by atoms with E-state index in [2.05, 4.69) is 10.1 Å². The molecule has 3 aromatic rings. The highest BCUT2D eigenvalue weighted by Gasteiger charge is 2.39. The largest absolute Gasteiger partial charge is 0.417 e. The third kappa shape index (κ3) is 2.69. The number of hydrogen-bond acceptors (Lipinski definition) is 2. The molecule has 1 saturated carbocycles. The minimum atomic E-state index is -4.44. The van der Waals surface area contributed by atoms with Crippen molar-refractivity contribution in [2.45, 2.75) is 38.8 Å². The van der Waals surface area contributed by atoms with Gasteiger partial charge in [0.15, 0.2) is 5.65 Å². The van der Waals surface area contributed by atoms with Gasteiger partial charge >= 0.3 is 6.18 Å². The van der Waals surface area contributed by atoms with Crippen LogP contribution in [-0.2, 0) is 13.2 Å². The lowest BCUT2D eigenvalue weighted by molar-refractivity contribution is -0.136. The van der Waals surface area contributed by atoms with E-state index in [1.54, 1.807) is 7.05 Å². The van der Waals surface area contributed by atoms with Gasteiger partial charge in [-0.3, -0.25) is 4.68 Å². The number of nitrogens with zero attached hydrogens (tertiary/aromatic N) is 3. The van der Waals surface area contributed by atoms with E-state index in [1.165, 1.54) is 10.7 Å². The summed E-state index contributed by atoms with van der Waals surface area (Å²) in [6.45, 7) is 3.91. The second-order valence-corrected chi connectivity index (χ2v) is 6.83. The predicted molar refractivity (Wildman–Crippen MR) is 90.4 cm³/mol. The summed E-state index contributed by atoms with van der Waals surface area (Å²) in [6, 6.07) is 6.76. The molecule has 0 bridgehead atoms. The van der Waals surface area contributed by atoms with Crippen molar-refractivity contribution >= 4 is 11.0 Å². The molecule has 0 N–H and O–H groups in total. The van der Waals surface area contributed by atoms with Gasteiger partial charge in [-0.05, 0) is 49.9 Å². The molecule has 0 spiro atoms. The van der Waals surface area contributed by atoms with Gasteiger partial charge in [-0.15, -0.1) is 0 Å². The van der Waals surface area contributed by atoms with E-state index in [-0.39, 0.29) is 11.3 Å². The summed E-state index contributed by atoms with van der Waals surface area (Å²) in [7, 11) is 1.66. The lowest BCUT2D eigenvalue weighted by atomic mass is 10.0. The van der Waals surface area contributed by atoms with E-state index in [4.69, 9.17) is 0 Å². The number of aromatic nitrogens is 3. The van der Waals surface area contributed by atoms with Crippen LogP contribution in [0.25, 0.3) is 22.3 Å². The molecule has 130 valence electrons. The monoisotopic (exact) mass is 345 g/mol. The number of benzene rings is 1. The Kier molecular flexibility index (Phi) is 3.42. The molecule has 0 atom stereocenters. The topological polar surface area (TPSA) is 30.7 Å². The van der Waals surface area contributed by atoms with Crippen LogP contribution in [0.1, 0.15) is 41.1 Å². The highest BCUT2D eigenvalue weighted by Crippen LogP contribution is 2.46. The number of fused-ring (bicyclic) bond motifs is 1. The first kappa shape index (κ1) is 16.1. The molecule has 25 heavy (non-hydrogen) atoms. The Balaban J connectivity index is 2.01. The summed E-state index contributed by atoms with van der Waals surface area (Å²) in [4.78, 5) is 4.52. The van der Waals surface area contributed by atoms with Gasteiger partial charge < -0.3 is 0 Å². The molecule has 1 aliphatic rings. The molecule has 0 unspecified atom stereocenters. The van der Waals surface area contributed by atoms with E-state index in [0.717, 1.165) is 24.0 Å². The van der Waals surface area contributed by atoms with Crippen LogP contribution in [0, 0.1) is 13.8 Å². The summed E-state index contributed by atoms with van der Waals surface area (Å²) in [5, 5.41) is 4.50. The first-order chi connectivity index (χ1) is 11.8. The highest BCUT2D eigenvalue weighted by atomic mass is 19.4. The lowest BCUT2D eigenvalue weighted by Gasteiger charge is -2.12. The first-order valence-corrected chi connectivity index (χ1v) is 8.28. The fourth-order valence-electron chi connectivity index (χ4n) is 3.19.